The smallest absolute Gasteiger partial charge is 0.277 e. The zero-order valence-electron chi connectivity index (χ0n) is 11.3. The third-order valence-electron chi connectivity index (χ3n) is 2.91. The third-order valence-corrected chi connectivity index (χ3v) is 2.91. The first kappa shape index (κ1) is 14.6. The van der Waals surface area contributed by atoms with Crippen molar-refractivity contribution in [2.24, 2.45) is 0 Å². The molecule has 2 aromatic rings. The van der Waals surface area contributed by atoms with E-state index in [2.05, 4.69) is 15.6 Å². The van der Waals surface area contributed by atoms with Crippen molar-refractivity contribution >= 4 is 22.8 Å². The van der Waals surface area contributed by atoms with E-state index in [0.717, 1.165) is 4.68 Å². The average Bonchev–Trinajstić information content (AvgIpc) is 2.46. The van der Waals surface area contributed by atoms with E-state index in [0.29, 0.717) is 10.9 Å². The number of carbonyl (C=O) groups is 2. The molecule has 0 aliphatic carbocycles. The lowest BCUT2D eigenvalue weighted by molar-refractivity contribution is -0.307. The Hall–Kier alpha value is -2.77. The van der Waals surface area contributed by atoms with Gasteiger partial charge < -0.3 is 15.2 Å². The zero-order valence-corrected chi connectivity index (χ0v) is 11.3. The predicted octanol–water partition coefficient (Wildman–Crippen LogP) is -1.56. The number of benzene rings is 1. The number of hydrogen-bond donors (Lipinski definition) is 1. The fourth-order valence-corrected chi connectivity index (χ4v) is 1.75. The topological polar surface area (TPSA) is 117 Å². The van der Waals surface area contributed by atoms with Crippen molar-refractivity contribution in [1.29, 1.82) is 0 Å². The molecule has 0 radical (unpaired) electrons. The van der Waals surface area contributed by atoms with E-state index in [1.807, 2.05) is 0 Å². The second-order valence-corrected chi connectivity index (χ2v) is 4.49. The van der Waals surface area contributed by atoms with E-state index in [4.69, 9.17) is 0 Å². The summed E-state index contributed by atoms with van der Waals surface area (Å²) in [5.74, 6) is -1.88. The molecule has 1 N–H and O–H groups in total. The van der Waals surface area contributed by atoms with Crippen molar-refractivity contribution < 1.29 is 14.7 Å². The fourth-order valence-electron chi connectivity index (χ4n) is 1.75. The quantitative estimate of drug-likeness (QED) is 0.711. The second kappa shape index (κ2) is 6.12. The SMILES string of the molecule is C[C@H](NC(=O)CCn1nnc2ccccc2c1=O)C(=O)[O-]. The molecule has 0 aliphatic heterocycles. The van der Waals surface area contributed by atoms with Gasteiger partial charge in [-0.2, -0.15) is 0 Å². The molecular formula is C13H13N4O4-. The van der Waals surface area contributed by atoms with Gasteiger partial charge in [0.15, 0.2) is 0 Å². The Morgan fingerprint density at radius 1 is 1.38 bits per heavy atom. The molecule has 1 aromatic carbocycles. The van der Waals surface area contributed by atoms with Gasteiger partial charge in [0.1, 0.15) is 5.52 Å². The second-order valence-electron chi connectivity index (χ2n) is 4.49. The van der Waals surface area contributed by atoms with Crippen LogP contribution in [-0.2, 0) is 16.1 Å². The summed E-state index contributed by atoms with van der Waals surface area (Å²) >= 11 is 0. The van der Waals surface area contributed by atoms with E-state index in [9.17, 15) is 19.5 Å². The van der Waals surface area contributed by atoms with Crippen LogP contribution in [0.15, 0.2) is 29.1 Å². The summed E-state index contributed by atoms with van der Waals surface area (Å²) in [4.78, 5) is 34.1. The molecule has 1 amide bonds. The number of carboxylic acids is 1. The van der Waals surface area contributed by atoms with Crippen LogP contribution >= 0.6 is 0 Å². The summed E-state index contributed by atoms with van der Waals surface area (Å²) in [7, 11) is 0. The summed E-state index contributed by atoms with van der Waals surface area (Å²) < 4.78 is 1.07. The van der Waals surface area contributed by atoms with E-state index in [1.54, 1.807) is 24.3 Å². The van der Waals surface area contributed by atoms with Crippen LogP contribution in [0.1, 0.15) is 13.3 Å². The lowest BCUT2D eigenvalue weighted by Gasteiger charge is -2.14. The molecule has 0 bridgehead atoms. The molecule has 0 spiro atoms. The van der Waals surface area contributed by atoms with Gasteiger partial charge in [0, 0.05) is 6.42 Å². The van der Waals surface area contributed by atoms with Gasteiger partial charge in [-0.25, -0.2) is 4.68 Å². The Balaban J connectivity index is 2.07. The summed E-state index contributed by atoms with van der Waals surface area (Å²) in [6, 6.07) is 5.67. The van der Waals surface area contributed by atoms with Crippen molar-refractivity contribution in [3.63, 3.8) is 0 Å². The molecule has 1 heterocycles. The average molecular weight is 289 g/mol. The maximum absolute atomic E-state index is 12.1. The van der Waals surface area contributed by atoms with E-state index in [-0.39, 0.29) is 18.5 Å². The van der Waals surface area contributed by atoms with Crippen LogP contribution in [0.4, 0.5) is 0 Å². The number of aromatic nitrogens is 3. The molecule has 8 nitrogen and oxygen atoms in total. The van der Waals surface area contributed by atoms with Crippen LogP contribution in [-0.4, -0.2) is 32.9 Å². The molecule has 1 atom stereocenters. The molecule has 1 aromatic heterocycles. The number of carboxylic acid groups (broad SMARTS) is 1. The van der Waals surface area contributed by atoms with Gasteiger partial charge in [-0.15, -0.1) is 5.10 Å². The summed E-state index contributed by atoms with van der Waals surface area (Å²) in [6.07, 6.45) is -0.0788. The summed E-state index contributed by atoms with van der Waals surface area (Å²) in [5.41, 5.74) is 0.134. The number of rotatable bonds is 5. The summed E-state index contributed by atoms with van der Waals surface area (Å²) in [6.45, 7) is 1.32. The highest BCUT2D eigenvalue weighted by Gasteiger charge is 2.10. The molecule has 0 aliphatic rings. The van der Waals surface area contributed by atoms with E-state index in [1.165, 1.54) is 6.92 Å². The molecule has 2 rings (SSSR count). The van der Waals surface area contributed by atoms with Gasteiger partial charge in [0.2, 0.25) is 5.91 Å². The Kier molecular flexibility index (Phi) is 4.27. The maximum Gasteiger partial charge on any atom is 0.277 e. The minimum absolute atomic E-state index is 0.0161. The van der Waals surface area contributed by atoms with Crippen LogP contribution in [0.25, 0.3) is 10.9 Å². The van der Waals surface area contributed by atoms with Gasteiger partial charge >= 0.3 is 0 Å². The third kappa shape index (κ3) is 3.41. The predicted molar refractivity (Wildman–Crippen MR) is 71.0 cm³/mol. The first-order valence-corrected chi connectivity index (χ1v) is 6.32. The normalized spacial score (nSPS) is 12.0. The van der Waals surface area contributed by atoms with E-state index < -0.39 is 17.9 Å². The fraction of sp³-hybridized carbons (Fsp3) is 0.308. The molecule has 8 heteroatoms. The zero-order chi connectivity index (χ0) is 15.4. The lowest BCUT2D eigenvalue weighted by Crippen LogP contribution is -2.46. The van der Waals surface area contributed by atoms with Crippen LogP contribution in [0.2, 0.25) is 0 Å². The van der Waals surface area contributed by atoms with Gasteiger partial charge in [0.25, 0.3) is 5.56 Å². The maximum atomic E-state index is 12.1. The number of aliphatic carboxylic acids is 1. The number of nitrogens with one attached hydrogen (secondary N) is 1. The molecule has 0 unspecified atom stereocenters. The van der Waals surface area contributed by atoms with Gasteiger partial charge in [0.05, 0.1) is 23.9 Å². The number of carbonyl (C=O) groups excluding carboxylic acids is 2. The molecular weight excluding hydrogens is 276 g/mol. The highest BCUT2D eigenvalue weighted by molar-refractivity contribution is 5.82. The van der Waals surface area contributed by atoms with Crippen LogP contribution in [0, 0.1) is 0 Å². The minimum Gasteiger partial charge on any atom is -0.548 e. The van der Waals surface area contributed by atoms with Crippen LogP contribution in [0.5, 0.6) is 0 Å². The monoisotopic (exact) mass is 289 g/mol. The summed E-state index contributed by atoms with van der Waals surface area (Å²) in [5, 5.41) is 20.8. The lowest BCUT2D eigenvalue weighted by atomic mass is 10.2. The number of hydrogen-bond acceptors (Lipinski definition) is 6. The Bertz CT molecular complexity index is 740. The number of aryl methyl sites for hydroxylation is 1. The van der Waals surface area contributed by atoms with Crippen molar-refractivity contribution in [2.75, 3.05) is 0 Å². The van der Waals surface area contributed by atoms with Crippen molar-refractivity contribution in [2.45, 2.75) is 25.9 Å². The number of amides is 1. The molecule has 21 heavy (non-hydrogen) atoms. The Labute approximate surface area is 119 Å². The van der Waals surface area contributed by atoms with Crippen molar-refractivity contribution in [3.05, 3.63) is 34.6 Å². The Morgan fingerprint density at radius 2 is 2.10 bits per heavy atom. The van der Waals surface area contributed by atoms with Gasteiger partial charge in [-0.3, -0.25) is 9.59 Å². The highest BCUT2D eigenvalue weighted by Crippen LogP contribution is 2.03. The Morgan fingerprint density at radius 3 is 2.81 bits per heavy atom. The first-order valence-electron chi connectivity index (χ1n) is 6.32. The number of nitrogens with zero attached hydrogens (tertiary/aromatic N) is 3. The number of fused-ring (bicyclic) bond motifs is 1. The van der Waals surface area contributed by atoms with Crippen molar-refractivity contribution in [1.82, 2.24) is 20.3 Å². The van der Waals surface area contributed by atoms with Crippen molar-refractivity contribution in [3.8, 4) is 0 Å². The molecule has 0 fully saturated rings. The van der Waals surface area contributed by atoms with E-state index >= 15 is 0 Å². The molecule has 0 saturated heterocycles. The van der Waals surface area contributed by atoms with Crippen LogP contribution in [0.3, 0.4) is 0 Å². The highest BCUT2D eigenvalue weighted by atomic mass is 16.4. The molecule has 110 valence electrons. The van der Waals surface area contributed by atoms with Gasteiger partial charge in [-0.05, 0) is 19.1 Å². The minimum atomic E-state index is -1.37. The molecule has 0 saturated carbocycles. The van der Waals surface area contributed by atoms with Crippen LogP contribution < -0.4 is 16.0 Å². The first-order chi connectivity index (χ1) is 9.99. The largest absolute Gasteiger partial charge is 0.548 e. The van der Waals surface area contributed by atoms with Gasteiger partial charge in [-0.1, -0.05) is 17.3 Å². The standard InChI is InChI=1S/C13H14N4O4/c1-8(13(20)21)14-11(18)6-7-17-12(19)9-4-2-3-5-10(9)15-16-17/h2-5,8H,6-7H2,1H3,(H,14,18)(H,20,21)/p-1/t8-/m0/s1.